The molecule has 0 N–H and O–H groups in total. The summed E-state index contributed by atoms with van der Waals surface area (Å²) in [6.07, 6.45) is 1.22. The smallest absolute Gasteiger partial charge is 0.219 e. The third-order valence-electron chi connectivity index (χ3n) is 3.79. The van der Waals surface area contributed by atoms with E-state index in [1.54, 1.807) is 6.92 Å². The van der Waals surface area contributed by atoms with Gasteiger partial charge in [0.1, 0.15) is 0 Å². The van der Waals surface area contributed by atoms with Gasteiger partial charge in [-0.25, -0.2) is 0 Å². The lowest BCUT2D eigenvalue weighted by atomic mass is 10.2. The van der Waals surface area contributed by atoms with Gasteiger partial charge in [0.25, 0.3) is 0 Å². The largest absolute Gasteiger partial charge is 0.337 e. The first-order valence-corrected chi connectivity index (χ1v) is 4.36. The zero-order valence-electron chi connectivity index (χ0n) is 7.42. The third-order valence-corrected chi connectivity index (χ3v) is 3.79. The zero-order valence-corrected chi connectivity index (χ0v) is 7.42. The molecule has 1 aliphatic carbocycles. The summed E-state index contributed by atoms with van der Waals surface area (Å²) in [7, 11) is 0. The number of rotatable bonds is 0. The van der Waals surface area contributed by atoms with E-state index in [4.69, 9.17) is 0 Å². The van der Waals surface area contributed by atoms with Crippen LogP contribution in [0.3, 0.4) is 0 Å². The molecule has 1 saturated heterocycles. The standard InChI is InChI=1S/C9H15NO/c1-6-8-4-5-10(7(2)11)9(6,8)3/h6,8H,4-5H2,1-3H3/t6?,8-,9?/m1/s1. The van der Waals surface area contributed by atoms with Crippen LogP contribution in [0.15, 0.2) is 0 Å². The van der Waals surface area contributed by atoms with E-state index < -0.39 is 0 Å². The van der Waals surface area contributed by atoms with Crippen LogP contribution < -0.4 is 0 Å². The predicted molar refractivity (Wildman–Crippen MR) is 43.1 cm³/mol. The van der Waals surface area contributed by atoms with Crippen molar-refractivity contribution >= 4 is 5.91 Å². The van der Waals surface area contributed by atoms with Crippen LogP contribution in [0.5, 0.6) is 0 Å². The van der Waals surface area contributed by atoms with Gasteiger partial charge in [0.2, 0.25) is 5.91 Å². The summed E-state index contributed by atoms with van der Waals surface area (Å²) in [6.45, 7) is 7.13. The van der Waals surface area contributed by atoms with Gasteiger partial charge >= 0.3 is 0 Å². The second-order valence-electron chi connectivity index (χ2n) is 4.08. The van der Waals surface area contributed by atoms with Crippen molar-refractivity contribution in [2.24, 2.45) is 11.8 Å². The molecule has 0 spiro atoms. The number of hydrogen-bond donors (Lipinski definition) is 0. The van der Waals surface area contributed by atoms with Gasteiger partial charge in [-0.15, -0.1) is 0 Å². The maximum atomic E-state index is 11.2. The first-order chi connectivity index (χ1) is 5.08. The van der Waals surface area contributed by atoms with Gasteiger partial charge in [0.15, 0.2) is 0 Å². The fourth-order valence-electron chi connectivity index (χ4n) is 2.81. The molecule has 0 aromatic carbocycles. The number of amides is 1. The summed E-state index contributed by atoms with van der Waals surface area (Å²) in [5.74, 6) is 1.78. The number of piperidine rings is 1. The van der Waals surface area contributed by atoms with E-state index in [1.807, 2.05) is 4.90 Å². The minimum Gasteiger partial charge on any atom is -0.337 e. The first-order valence-electron chi connectivity index (χ1n) is 4.36. The maximum absolute atomic E-state index is 11.2. The molecule has 0 aromatic rings. The van der Waals surface area contributed by atoms with Crippen LogP contribution in [0, 0.1) is 11.8 Å². The summed E-state index contributed by atoms with van der Waals surface area (Å²) < 4.78 is 0. The van der Waals surface area contributed by atoms with E-state index in [9.17, 15) is 4.79 Å². The van der Waals surface area contributed by atoms with Gasteiger partial charge in [-0.3, -0.25) is 4.79 Å². The van der Waals surface area contributed by atoms with Crippen LogP contribution in [0.2, 0.25) is 0 Å². The summed E-state index contributed by atoms with van der Waals surface area (Å²) in [5.41, 5.74) is 0.242. The Morgan fingerprint density at radius 1 is 1.64 bits per heavy atom. The number of carbonyl (C=O) groups excluding carboxylic acids is 1. The normalized spacial score (nSPS) is 47.4. The van der Waals surface area contributed by atoms with E-state index in [2.05, 4.69) is 13.8 Å². The van der Waals surface area contributed by atoms with Crippen molar-refractivity contribution in [2.75, 3.05) is 6.54 Å². The average Bonchev–Trinajstić information content (AvgIpc) is 2.37. The van der Waals surface area contributed by atoms with Crippen molar-refractivity contribution in [1.29, 1.82) is 0 Å². The quantitative estimate of drug-likeness (QED) is 0.513. The Morgan fingerprint density at radius 3 is 2.55 bits per heavy atom. The first kappa shape index (κ1) is 7.14. The Bertz CT molecular complexity index is 214. The monoisotopic (exact) mass is 153 g/mol. The SMILES string of the molecule is CC(=O)N1CC[C@@H]2C(C)C21C. The van der Waals surface area contributed by atoms with E-state index in [0.29, 0.717) is 0 Å². The van der Waals surface area contributed by atoms with E-state index in [-0.39, 0.29) is 11.4 Å². The topological polar surface area (TPSA) is 20.3 Å². The van der Waals surface area contributed by atoms with Gasteiger partial charge in [0, 0.05) is 19.0 Å². The van der Waals surface area contributed by atoms with Crippen LogP contribution in [0.25, 0.3) is 0 Å². The predicted octanol–water partition coefficient (Wildman–Crippen LogP) is 1.26. The molecule has 1 amide bonds. The lowest BCUT2D eigenvalue weighted by molar-refractivity contribution is -0.130. The van der Waals surface area contributed by atoms with Crippen molar-refractivity contribution in [1.82, 2.24) is 4.90 Å². The molecule has 62 valence electrons. The fraction of sp³-hybridized carbons (Fsp3) is 0.889. The molecule has 1 saturated carbocycles. The van der Waals surface area contributed by atoms with Crippen LogP contribution in [-0.4, -0.2) is 22.9 Å². The van der Waals surface area contributed by atoms with Crippen LogP contribution >= 0.6 is 0 Å². The van der Waals surface area contributed by atoms with Gasteiger partial charge in [-0.05, 0) is 25.2 Å². The third kappa shape index (κ3) is 0.652. The molecule has 2 rings (SSSR count). The molecule has 2 unspecified atom stereocenters. The Balaban J connectivity index is 2.21. The summed E-state index contributed by atoms with van der Waals surface area (Å²) >= 11 is 0. The molecule has 11 heavy (non-hydrogen) atoms. The molecule has 1 heterocycles. The number of carbonyl (C=O) groups is 1. The van der Waals surface area contributed by atoms with Gasteiger partial charge in [-0.1, -0.05) is 6.92 Å². The number of nitrogens with zero attached hydrogens (tertiary/aromatic N) is 1. The molecule has 0 aromatic heterocycles. The summed E-state index contributed by atoms with van der Waals surface area (Å²) in [4.78, 5) is 13.2. The van der Waals surface area contributed by atoms with Crippen molar-refractivity contribution < 1.29 is 4.79 Å². The summed E-state index contributed by atoms with van der Waals surface area (Å²) in [5, 5.41) is 0. The highest BCUT2D eigenvalue weighted by atomic mass is 16.2. The molecular formula is C9H15NO. The van der Waals surface area contributed by atoms with Crippen molar-refractivity contribution in [2.45, 2.75) is 32.7 Å². The molecule has 2 aliphatic rings. The highest BCUT2D eigenvalue weighted by molar-refractivity contribution is 5.75. The minimum atomic E-state index is 0.242. The van der Waals surface area contributed by atoms with E-state index in [0.717, 1.165) is 18.4 Å². The summed E-state index contributed by atoms with van der Waals surface area (Å²) in [6, 6.07) is 0. The van der Waals surface area contributed by atoms with Crippen LogP contribution in [0.4, 0.5) is 0 Å². The lowest BCUT2D eigenvalue weighted by Crippen LogP contribution is -2.37. The molecule has 2 fully saturated rings. The number of likely N-dealkylation sites (tertiary alicyclic amines) is 1. The van der Waals surface area contributed by atoms with Crippen LogP contribution in [-0.2, 0) is 4.79 Å². The zero-order chi connectivity index (χ0) is 8.22. The molecule has 2 nitrogen and oxygen atoms in total. The highest BCUT2D eigenvalue weighted by Gasteiger charge is 2.65. The van der Waals surface area contributed by atoms with Crippen molar-refractivity contribution in [3.8, 4) is 0 Å². The van der Waals surface area contributed by atoms with E-state index >= 15 is 0 Å². The Kier molecular flexibility index (Phi) is 1.16. The van der Waals surface area contributed by atoms with Crippen molar-refractivity contribution in [3.63, 3.8) is 0 Å². The highest BCUT2D eigenvalue weighted by Crippen LogP contribution is 2.60. The molecule has 3 atom stereocenters. The molecule has 0 radical (unpaired) electrons. The fourth-order valence-corrected chi connectivity index (χ4v) is 2.81. The van der Waals surface area contributed by atoms with Gasteiger partial charge < -0.3 is 4.90 Å². The Morgan fingerprint density at radius 2 is 2.27 bits per heavy atom. The van der Waals surface area contributed by atoms with Crippen LogP contribution in [0.1, 0.15) is 27.2 Å². The van der Waals surface area contributed by atoms with Crippen molar-refractivity contribution in [3.05, 3.63) is 0 Å². The Hall–Kier alpha value is -0.530. The average molecular weight is 153 g/mol. The number of hydrogen-bond acceptors (Lipinski definition) is 1. The van der Waals surface area contributed by atoms with Gasteiger partial charge in [-0.2, -0.15) is 0 Å². The molecule has 0 bridgehead atoms. The molecule has 1 aliphatic heterocycles. The van der Waals surface area contributed by atoms with E-state index in [1.165, 1.54) is 6.42 Å². The molecular weight excluding hydrogens is 138 g/mol. The second-order valence-corrected chi connectivity index (χ2v) is 4.08. The lowest BCUT2D eigenvalue weighted by Gasteiger charge is -2.24. The number of fused-ring (bicyclic) bond motifs is 1. The Labute approximate surface area is 67.6 Å². The minimum absolute atomic E-state index is 0.242. The second kappa shape index (κ2) is 1.79. The van der Waals surface area contributed by atoms with Gasteiger partial charge in [0.05, 0.1) is 0 Å². The molecule has 2 heteroatoms. The maximum Gasteiger partial charge on any atom is 0.219 e.